The van der Waals surface area contributed by atoms with Crippen molar-refractivity contribution < 1.29 is 4.74 Å². The first kappa shape index (κ1) is 23.5. The lowest BCUT2D eigenvalue weighted by Gasteiger charge is -2.15. The van der Waals surface area contributed by atoms with Gasteiger partial charge >= 0.3 is 0 Å². The van der Waals surface area contributed by atoms with Gasteiger partial charge in [0.1, 0.15) is 0 Å². The number of ether oxygens (including phenoxy) is 1. The molecule has 170 valence electrons. The highest BCUT2D eigenvalue weighted by molar-refractivity contribution is 5.79. The van der Waals surface area contributed by atoms with Gasteiger partial charge in [0.25, 0.3) is 0 Å². The van der Waals surface area contributed by atoms with Crippen LogP contribution in [0.4, 0.5) is 0 Å². The van der Waals surface area contributed by atoms with Gasteiger partial charge in [-0.05, 0) is 56.4 Å². The summed E-state index contributed by atoms with van der Waals surface area (Å²) in [5.74, 6) is 0.804. The number of rotatable bonds is 11. The average Bonchev–Trinajstić information content (AvgIpc) is 3.16. The standard InChI is InChI=1S/C26H35N5O/c1-21-19-22(2)31(30-21)25-14-8-7-13-24(25)20-29-26(27-3)28-16-9-10-17-32-18-15-23-11-5-4-6-12-23/h4-8,11-14,19H,9-10,15-18,20H2,1-3H3,(H2,27,28,29). The Bertz CT molecular complexity index is 981. The molecule has 0 atom stereocenters. The lowest BCUT2D eigenvalue weighted by Crippen LogP contribution is -2.37. The molecule has 0 unspecified atom stereocenters. The number of para-hydroxylation sites is 1. The number of unbranched alkanes of at least 4 members (excludes halogenated alkanes) is 1. The molecule has 2 aromatic carbocycles. The molecule has 0 aliphatic rings. The number of nitrogens with zero attached hydrogens (tertiary/aromatic N) is 3. The molecule has 0 saturated carbocycles. The zero-order valence-corrected chi connectivity index (χ0v) is 19.5. The third-order valence-corrected chi connectivity index (χ3v) is 5.29. The average molecular weight is 434 g/mol. The summed E-state index contributed by atoms with van der Waals surface area (Å²) >= 11 is 0. The molecule has 0 bridgehead atoms. The van der Waals surface area contributed by atoms with E-state index in [4.69, 9.17) is 4.74 Å². The van der Waals surface area contributed by atoms with E-state index in [2.05, 4.69) is 76.2 Å². The largest absolute Gasteiger partial charge is 0.381 e. The lowest BCUT2D eigenvalue weighted by molar-refractivity contribution is 0.133. The SMILES string of the molecule is CN=C(NCCCCOCCc1ccccc1)NCc1ccccc1-n1nc(C)cc1C. The predicted molar refractivity (Wildman–Crippen MR) is 131 cm³/mol. The first-order valence-electron chi connectivity index (χ1n) is 11.3. The Morgan fingerprint density at radius 3 is 2.50 bits per heavy atom. The number of hydrogen-bond acceptors (Lipinski definition) is 3. The summed E-state index contributed by atoms with van der Waals surface area (Å²) in [5, 5.41) is 11.4. The van der Waals surface area contributed by atoms with Crippen LogP contribution in [0.2, 0.25) is 0 Å². The van der Waals surface area contributed by atoms with Crippen LogP contribution in [0.15, 0.2) is 65.7 Å². The highest BCUT2D eigenvalue weighted by Gasteiger charge is 2.09. The first-order chi connectivity index (χ1) is 15.7. The van der Waals surface area contributed by atoms with E-state index < -0.39 is 0 Å². The topological polar surface area (TPSA) is 63.5 Å². The number of guanidine groups is 1. The molecule has 6 heteroatoms. The van der Waals surface area contributed by atoms with E-state index in [1.807, 2.05) is 23.7 Å². The molecule has 1 aromatic heterocycles. The van der Waals surface area contributed by atoms with Gasteiger partial charge in [0.2, 0.25) is 0 Å². The van der Waals surface area contributed by atoms with Crippen molar-refractivity contribution in [3.8, 4) is 5.69 Å². The fourth-order valence-corrected chi connectivity index (χ4v) is 3.61. The van der Waals surface area contributed by atoms with Crippen LogP contribution in [-0.2, 0) is 17.7 Å². The van der Waals surface area contributed by atoms with E-state index in [0.29, 0.717) is 6.54 Å². The third kappa shape index (κ3) is 7.24. The molecule has 0 amide bonds. The molecule has 32 heavy (non-hydrogen) atoms. The molecule has 3 aromatic rings. The molecule has 2 N–H and O–H groups in total. The summed E-state index contributed by atoms with van der Waals surface area (Å²) in [6, 6.07) is 20.9. The van der Waals surface area contributed by atoms with Gasteiger partial charge in [-0.3, -0.25) is 4.99 Å². The van der Waals surface area contributed by atoms with Crippen molar-refractivity contribution >= 4 is 5.96 Å². The second-order valence-electron chi connectivity index (χ2n) is 7.88. The van der Waals surface area contributed by atoms with Crippen molar-refractivity contribution in [3.63, 3.8) is 0 Å². The summed E-state index contributed by atoms with van der Waals surface area (Å²) in [5.41, 5.74) is 5.74. The van der Waals surface area contributed by atoms with E-state index >= 15 is 0 Å². The molecule has 1 heterocycles. The summed E-state index contributed by atoms with van der Waals surface area (Å²) in [7, 11) is 1.80. The van der Waals surface area contributed by atoms with E-state index in [9.17, 15) is 0 Å². The second kappa shape index (κ2) is 12.7. The van der Waals surface area contributed by atoms with Gasteiger partial charge in [-0.15, -0.1) is 0 Å². The molecule has 6 nitrogen and oxygen atoms in total. The Kier molecular flexibility index (Phi) is 9.32. The lowest BCUT2D eigenvalue weighted by atomic mass is 10.1. The minimum Gasteiger partial charge on any atom is -0.381 e. The fraction of sp³-hybridized carbons (Fsp3) is 0.385. The monoisotopic (exact) mass is 433 g/mol. The predicted octanol–water partition coefficient (Wildman–Crippen LogP) is 4.19. The second-order valence-corrected chi connectivity index (χ2v) is 7.88. The Balaban J connectivity index is 1.35. The highest BCUT2D eigenvalue weighted by Crippen LogP contribution is 2.16. The molecule has 0 aliphatic carbocycles. The normalized spacial score (nSPS) is 11.5. The van der Waals surface area contributed by atoms with Gasteiger partial charge in [-0.2, -0.15) is 5.10 Å². The molecular weight excluding hydrogens is 398 g/mol. The maximum atomic E-state index is 5.76. The minimum absolute atomic E-state index is 0.677. The molecule has 0 saturated heterocycles. The van der Waals surface area contributed by atoms with Crippen LogP contribution < -0.4 is 10.6 Å². The number of aliphatic imine (C=N–C) groups is 1. The Hall–Kier alpha value is -3.12. The minimum atomic E-state index is 0.677. The number of aromatic nitrogens is 2. The van der Waals surface area contributed by atoms with Crippen LogP contribution in [0.3, 0.4) is 0 Å². The third-order valence-electron chi connectivity index (χ3n) is 5.29. The van der Waals surface area contributed by atoms with Crippen LogP contribution in [0.1, 0.15) is 35.4 Å². The van der Waals surface area contributed by atoms with Crippen LogP contribution in [0.25, 0.3) is 5.69 Å². The smallest absolute Gasteiger partial charge is 0.191 e. The van der Waals surface area contributed by atoms with Gasteiger partial charge < -0.3 is 15.4 Å². The molecule has 0 aliphatic heterocycles. The number of hydrogen-bond donors (Lipinski definition) is 2. The van der Waals surface area contributed by atoms with E-state index in [0.717, 1.165) is 62.1 Å². The first-order valence-corrected chi connectivity index (χ1v) is 11.3. The number of aryl methyl sites for hydroxylation is 2. The van der Waals surface area contributed by atoms with Gasteiger partial charge in [-0.1, -0.05) is 48.5 Å². The quantitative estimate of drug-likeness (QED) is 0.270. The van der Waals surface area contributed by atoms with E-state index in [-0.39, 0.29) is 0 Å². The van der Waals surface area contributed by atoms with Crippen molar-refractivity contribution in [1.82, 2.24) is 20.4 Å². The fourth-order valence-electron chi connectivity index (χ4n) is 3.61. The molecule has 3 rings (SSSR count). The van der Waals surface area contributed by atoms with Crippen LogP contribution in [0.5, 0.6) is 0 Å². The summed E-state index contributed by atoms with van der Waals surface area (Å²) < 4.78 is 7.76. The van der Waals surface area contributed by atoms with Crippen molar-refractivity contribution in [2.24, 2.45) is 4.99 Å². The summed E-state index contributed by atoms with van der Waals surface area (Å²) in [4.78, 5) is 4.35. The van der Waals surface area contributed by atoms with Crippen molar-refractivity contribution in [3.05, 3.63) is 83.2 Å². The van der Waals surface area contributed by atoms with Crippen LogP contribution >= 0.6 is 0 Å². The Morgan fingerprint density at radius 2 is 1.75 bits per heavy atom. The Labute approximate surface area is 191 Å². The van der Waals surface area contributed by atoms with Gasteiger partial charge in [0, 0.05) is 32.4 Å². The van der Waals surface area contributed by atoms with Gasteiger partial charge in [0.05, 0.1) is 18.0 Å². The van der Waals surface area contributed by atoms with Crippen molar-refractivity contribution in [1.29, 1.82) is 0 Å². The Morgan fingerprint density at radius 1 is 0.969 bits per heavy atom. The number of nitrogens with one attached hydrogen (secondary N) is 2. The molecule has 0 radical (unpaired) electrons. The van der Waals surface area contributed by atoms with Gasteiger partial charge in [0.15, 0.2) is 5.96 Å². The zero-order valence-electron chi connectivity index (χ0n) is 19.5. The van der Waals surface area contributed by atoms with Gasteiger partial charge in [-0.25, -0.2) is 4.68 Å². The number of benzene rings is 2. The van der Waals surface area contributed by atoms with Crippen molar-refractivity contribution in [2.75, 3.05) is 26.8 Å². The van der Waals surface area contributed by atoms with Crippen molar-refractivity contribution in [2.45, 2.75) is 39.7 Å². The van der Waals surface area contributed by atoms with E-state index in [1.54, 1.807) is 7.05 Å². The molecule has 0 spiro atoms. The molecular formula is C26H35N5O. The summed E-state index contributed by atoms with van der Waals surface area (Å²) in [6.45, 7) is 7.20. The maximum absolute atomic E-state index is 5.76. The molecule has 0 fully saturated rings. The highest BCUT2D eigenvalue weighted by atomic mass is 16.5. The maximum Gasteiger partial charge on any atom is 0.191 e. The zero-order chi connectivity index (χ0) is 22.6. The van der Waals surface area contributed by atoms with Crippen LogP contribution in [0, 0.1) is 13.8 Å². The van der Waals surface area contributed by atoms with E-state index in [1.165, 1.54) is 11.1 Å². The summed E-state index contributed by atoms with van der Waals surface area (Å²) in [6.07, 6.45) is 3.03. The van der Waals surface area contributed by atoms with Crippen LogP contribution in [-0.4, -0.2) is 42.5 Å².